The molecular weight excluding hydrogens is 401 g/mol. The fourth-order valence-electron chi connectivity index (χ4n) is 4.54. The summed E-state index contributed by atoms with van der Waals surface area (Å²) in [6, 6.07) is 6.44. The highest BCUT2D eigenvalue weighted by atomic mass is 16.5. The van der Waals surface area contributed by atoms with E-state index >= 15 is 0 Å². The Labute approximate surface area is 189 Å². The van der Waals surface area contributed by atoms with Gasteiger partial charge in [0.1, 0.15) is 29.2 Å². The van der Waals surface area contributed by atoms with Crippen molar-refractivity contribution in [3.8, 4) is 17.0 Å². The van der Waals surface area contributed by atoms with E-state index in [1.165, 1.54) is 0 Å². The van der Waals surface area contributed by atoms with Crippen LogP contribution in [0.5, 0.6) is 5.88 Å². The number of aromatic amines is 1. The van der Waals surface area contributed by atoms with E-state index < -0.39 is 0 Å². The van der Waals surface area contributed by atoms with Gasteiger partial charge in [0, 0.05) is 30.2 Å². The number of rotatable bonds is 6. The highest BCUT2D eigenvalue weighted by Gasteiger charge is 2.26. The fraction of sp³-hybridized carbons (Fsp3) is 0.381. The van der Waals surface area contributed by atoms with E-state index in [1.807, 2.05) is 29.0 Å². The zero-order valence-corrected chi connectivity index (χ0v) is 19.1. The molecule has 0 bridgehead atoms. The molecule has 0 amide bonds. The topological polar surface area (TPSA) is 89.4 Å². The normalized spacial score (nSPS) is 19.4. The molecule has 4 aromatic heterocycles. The Morgan fingerprint density at radius 3 is 2.72 bits per heavy atom. The lowest BCUT2D eigenvalue weighted by Gasteiger charge is -2.34. The summed E-state index contributed by atoms with van der Waals surface area (Å²) in [7, 11) is 8.00. The van der Waals surface area contributed by atoms with Crippen LogP contribution in [0.3, 0.4) is 0 Å². The van der Waals surface area contributed by atoms with Gasteiger partial charge >= 0.3 is 0 Å². The van der Waals surface area contributed by atoms with Gasteiger partial charge in [-0.25, -0.2) is 4.52 Å². The van der Waals surface area contributed by atoms with Crippen molar-refractivity contribution in [1.82, 2.24) is 24.6 Å². The number of pyridine rings is 1. The second kappa shape index (κ2) is 8.20. The first-order valence-corrected chi connectivity index (χ1v) is 11.2. The molecule has 0 saturated heterocycles. The van der Waals surface area contributed by atoms with E-state index in [0.29, 0.717) is 24.0 Å². The van der Waals surface area contributed by atoms with Crippen molar-refractivity contribution in [1.29, 1.82) is 0 Å². The summed E-state index contributed by atoms with van der Waals surface area (Å²) in [4.78, 5) is 12.7. The van der Waals surface area contributed by atoms with Gasteiger partial charge in [-0.15, -0.1) is 0 Å². The minimum absolute atomic E-state index is 0.0969. The largest absolute Gasteiger partial charge is 0.480 e. The molecule has 32 heavy (non-hydrogen) atoms. The van der Waals surface area contributed by atoms with Crippen molar-refractivity contribution in [3.05, 3.63) is 36.8 Å². The Morgan fingerprint density at radius 2 is 1.97 bits per heavy atom. The molecule has 11 heteroatoms. The lowest BCUT2D eigenvalue weighted by Crippen LogP contribution is -2.41. The molecule has 1 saturated carbocycles. The first-order valence-electron chi connectivity index (χ1n) is 11.2. The lowest BCUT2D eigenvalue weighted by atomic mass is 9.52. The van der Waals surface area contributed by atoms with Gasteiger partial charge in [0.05, 0.1) is 24.1 Å². The van der Waals surface area contributed by atoms with Crippen LogP contribution in [0.2, 0.25) is 0 Å². The molecule has 1 fully saturated rings. The van der Waals surface area contributed by atoms with Crippen LogP contribution in [0.4, 0.5) is 5.95 Å². The maximum atomic E-state index is 6.15. The number of H-pyrrole nitrogens is 1. The number of ether oxygens (including phenoxy) is 2. The predicted molar refractivity (Wildman–Crippen MR) is 134 cm³/mol. The molecule has 0 aliphatic heterocycles. The third-order valence-electron chi connectivity index (χ3n) is 5.93. The highest BCUT2D eigenvalue weighted by molar-refractivity contribution is 6.58. The van der Waals surface area contributed by atoms with Gasteiger partial charge in [0.2, 0.25) is 11.8 Å². The van der Waals surface area contributed by atoms with E-state index in [1.54, 1.807) is 13.3 Å². The molecule has 4 aromatic rings. The van der Waals surface area contributed by atoms with Crippen molar-refractivity contribution >= 4 is 46.0 Å². The van der Waals surface area contributed by atoms with Crippen LogP contribution in [-0.2, 0) is 4.74 Å². The maximum absolute atomic E-state index is 6.15. The third kappa shape index (κ3) is 4.21. The Morgan fingerprint density at radius 1 is 1.16 bits per heavy atom. The lowest BCUT2D eigenvalue weighted by molar-refractivity contribution is 0.0202. The molecule has 162 valence electrons. The van der Waals surface area contributed by atoms with E-state index in [2.05, 4.69) is 50.0 Å². The minimum atomic E-state index is -0.0969. The van der Waals surface area contributed by atoms with Gasteiger partial charge in [-0.05, 0) is 54.7 Å². The van der Waals surface area contributed by atoms with Crippen LogP contribution >= 0.6 is 0 Å². The average Bonchev–Trinajstić information content (AvgIpc) is 3.40. The van der Waals surface area contributed by atoms with Crippen LogP contribution in [-0.4, -0.2) is 72.7 Å². The van der Waals surface area contributed by atoms with Gasteiger partial charge in [0.25, 0.3) is 0 Å². The SMILES string of the molecule is BC(B)(B)O[C@H]1CC[C@@H](Nc2nc(OC)c3c(-c4ccn5nccc5c4)c[nH]c3n2)CC1. The second-order valence-electron chi connectivity index (χ2n) is 9.45. The molecule has 5 rings (SSSR count). The van der Waals surface area contributed by atoms with Crippen LogP contribution in [0.15, 0.2) is 36.8 Å². The Balaban J connectivity index is 1.37. The quantitative estimate of drug-likeness (QED) is 0.436. The molecule has 0 radical (unpaired) electrons. The van der Waals surface area contributed by atoms with Gasteiger partial charge in [0.15, 0.2) is 0 Å². The molecule has 1 aliphatic carbocycles. The van der Waals surface area contributed by atoms with Crippen molar-refractivity contribution < 1.29 is 9.47 Å². The predicted octanol–water partition coefficient (Wildman–Crippen LogP) is 0.531. The van der Waals surface area contributed by atoms with Crippen LogP contribution in [0.1, 0.15) is 25.7 Å². The number of aromatic nitrogens is 5. The molecule has 0 atom stereocenters. The molecule has 1 aliphatic rings. The van der Waals surface area contributed by atoms with Crippen LogP contribution < -0.4 is 10.1 Å². The van der Waals surface area contributed by atoms with Crippen molar-refractivity contribution in [2.24, 2.45) is 0 Å². The summed E-state index contributed by atoms with van der Waals surface area (Å²) < 4.78 is 13.7. The summed E-state index contributed by atoms with van der Waals surface area (Å²) in [5, 5.41) is 8.56. The number of nitrogens with one attached hydrogen (secondary N) is 2. The van der Waals surface area contributed by atoms with Crippen molar-refractivity contribution in [2.75, 3.05) is 12.4 Å². The zero-order chi connectivity index (χ0) is 22.3. The molecule has 2 N–H and O–H groups in total. The fourth-order valence-corrected chi connectivity index (χ4v) is 4.54. The molecule has 8 nitrogen and oxygen atoms in total. The van der Waals surface area contributed by atoms with E-state index in [4.69, 9.17) is 14.5 Å². The number of methoxy groups -OCH3 is 1. The summed E-state index contributed by atoms with van der Waals surface area (Å²) in [6.45, 7) is 0. The first kappa shape index (κ1) is 20.9. The molecular formula is C21H27B3N6O2. The smallest absolute Gasteiger partial charge is 0.228 e. The van der Waals surface area contributed by atoms with Gasteiger partial charge in [-0.3, -0.25) is 0 Å². The molecule has 0 unspecified atom stereocenters. The first-order chi connectivity index (χ1) is 15.4. The van der Waals surface area contributed by atoms with Gasteiger partial charge in [-0.1, -0.05) is 0 Å². The average molecular weight is 428 g/mol. The number of anilines is 1. The Kier molecular flexibility index (Phi) is 5.37. The Bertz CT molecular complexity index is 1240. The maximum Gasteiger partial charge on any atom is 0.228 e. The summed E-state index contributed by atoms with van der Waals surface area (Å²) in [6.07, 6.45) is 10.2. The minimum Gasteiger partial charge on any atom is -0.480 e. The number of fused-ring (bicyclic) bond motifs is 2. The Hall–Kier alpha value is -2.94. The van der Waals surface area contributed by atoms with Gasteiger partial charge < -0.3 is 19.8 Å². The third-order valence-corrected chi connectivity index (χ3v) is 5.93. The number of nitrogens with zero attached hydrogens (tertiary/aromatic N) is 4. The molecule has 4 heterocycles. The van der Waals surface area contributed by atoms with Crippen LogP contribution in [0.25, 0.3) is 27.7 Å². The van der Waals surface area contributed by atoms with Crippen molar-refractivity contribution in [2.45, 2.75) is 43.1 Å². The number of hydrogen-bond donors (Lipinski definition) is 2. The molecule has 0 spiro atoms. The van der Waals surface area contributed by atoms with Crippen molar-refractivity contribution in [3.63, 3.8) is 0 Å². The standard InChI is InChI=1S/C21H27B3N6O2/c1-31-19-17-16(12-7-9-30-14(10-12)6-8-26-30)11-25-18(17)28-20(29-19)27-13-2-4-15(5-3-13)32-21(22,23)24/h6-11,13,15H,2-5,22-24H2,1H3,(H2,25,27,28,29)/t13-,15+. The monoisotopic (exact) mass is 428 g/mol. The highest BCUT2D eigenvalue weighted by Crippen LogP contribution is 2.35. The summed E-state index contributed by atoms with van der Waals surface area (Å²) >= 11 is 0. The zero-order valence-electron chi connectivity index (χ0n) is 19.1. The molecule has 0 aromatic carbocycles. The van der Waals surface area contributed by atoms with Crippen LogP contribution in [0, 0.1) is 0 Å². The number of hydrogen-bond acceptors (Lipinski definition) is 6. The van der Waals surface area contributed by atoms with E-state index in [9.17, 15) is 0 Å². The summed E-state index contributed by atoms with van der Waals surface area (Å²) in [5.41, 5.74) is 3.85. The van der Waals surface area contributed by atoms with Gasteiger partial charge in [-0.2, -0.15) is 15.1 Å². The second-order valence-corrected chi connectivity index (χ2v) is 9.45. The summed E-state index contributed by atoms with van der Waals surface area (Å²) in [5.74, 6) is 1.15. The van der Waals surface area contributed by atoms with E-state index in [0.717, 1.165) is 53.4 Å². The van der Waals surface area contributed by atoms with E-state index in [-0.39, 0.29) is 5.30 Å².